The van der Waals surface area contributed by atoms with E-state index in [2.05, 4.69) is 5.32 Å². The maximum atomic E-state index is 11.6. The molecule has 0 heterocycles. The van der Waals surface area contributed by atoms with E-state index < -0.39 is 6.03 Å². The molecular formula is C10H18N2O3. The monoisotopic (exact) mass is 214 g/mol. The van der Waals surface area contributed by atoms with Crippen LogP contribution in [0.15, 0.2) is 0 Å². The largest absolute Gasteiger partial charge is 0.466 e. The van der Waals surface area contributed by atoms with Crippen LogP contribution >= 0.6 is 0 Å². The highest BCUT2D eigenvalue weighted by atomic mass is 16.5. The molecule has 2 atom stereocenters. The number of ether oxygens (including phenoxy) is 1. The number of amides is 2. The van der Waals surface area contributed by atoms with Crippen LogP contribution in [0.2, 0.25) is 0 Å². The van der Waals surface area contributed by atoms with E-state index in [4.69, 9.17) is 10.5 Å². The van der Waals surface area contributed by atoms with Gasteiger partial charge in [0.2, 0.25) is 0 Å². The number of urea groups is 1. The molecule has 0 unspecified atom stereocenters. The van der Waals surface area contributed by atoms with Gasteiger partial charge in [0.1, 0.15) is 0 Å². The molecule has 0 aromatic heterocycles. The molecule has 1 saturated carbocycles. The first-order chi connectivity index (χ1) is 7.15. The van der Waals surface area contributed by atoms with E-state index in [1.54, 1.807) is 6.92 Å². The second kappa shape index (κ2) is 5.58. The van der Waals surface area contributed by atoms with Crippen molar-refractivity contribution in [3.63, 3.8) is 0 Å². The molecule has 5 nitrogen and oxygen atoms in total. The maximum absolute atomic E-state index is 11.6. The fraction of sp³-hybridized carbons (Fsp3) is 0.800. The van der Waals surface area contributed by atoms with Gasteiger partial charge in [-0.15, -0.1) is 0 Å². The minimum absolute atomic E-state index is 0.157. The van der Waals surface area contributed by atoms with Crippen LogP contribution < -0.4 is 11.1 Å². The highest BCUT2D eigenvalue weighted by Gasteiger charge is 2.32. The van der Waals surface area contributed by atoms with Crippen molar-refractivity contribution < 1.29 is 14.3 Å². The van der Waals surface area contributed by atoms with E-state index >= 15 is 0 Å². The maximum Gasteiger partial charge on any atom is 0.312 e. The first-order valence-corrected chi connectivity index (χ1v) is 5.37. The van der Waals surface area contributed by atoms with Crippen molar-refractivity contribution in [1.29, 1.82) is 0 Å². The Kier molecular flexibility index (Phi) is 4.39. The molecule has 0 spiro atoms. The summed E-state index contributed by atoms with van der Waals surface area (Å²) in [7, 11) is 0. The van der Waals surface area contributed by atoms with Crippen LogP contribution in [0.3, 0.4) is 0 Å². The normalized spacial score (nSPS) is 25.7. The number of rotatable bonds is 3. The van der Waals surface area contributed by atoms with E-state index in [1.807, 2.05) is 0 Å². The number of carbonyl (C=O) groups is 2. The Bertz CT molecular complexity index is 243. The van der Waals surface area contributed by atoms with Gasteiger partial charge in [0.25, 0.3) is 0 Å². The molecule has 3 N–H and O–H groups in total. The molecular weight excluding hydrogens is 196 g/mol. The second-order valence-electron chi connectivity index (χ2n) is 3.76. The summed E-state index contributed by atoms with van der Waals surface area (Å²) in [4.78, 5) is 22.3. The number of nitrogens with one attached hydrogen (secondary N) is 1. The summed E-state index contributed by atoms with van der Waals surface area (Å²) in [6.45, 7) is 2.15. The quantitative estimate of drug-likeness (QED) is 0.681. The zero-order valence-corrected chi connectivity index (χ0v) is 8.99. The standard InChI is InChI=1S/C10H18N2O3/c1-2-15-9(13)7-5-3-4-6-8(7)12-10(11)14/h7-8H,2-6H2,1H3,(H3,11,12,14)/t7-,8+/m1/s1. The van der Waals surface area contributed by atoms with Gasteiger partial charge in [-0.25, -0.2) is 4.79 Å². The number of hydrogen-bond acceptors (Lipinski definition) is 3. The van der Waals surface area contributed by atoms with Gasteiger partial charge < -0.3 is 15.8 Å². The lowest BCUT2D eigenvalue weighted by Crippen LogP contribution is -2.47. The van der Waals surface area contributed by atoms with Crippen LogP contribution in [-0.4, -0.2) is 24.6 Å². The van der Waals surface area contributed by atoms with Crippen molar-refractivity contribution in [3.8, 4) is 0 Å². The van der Waals surface area contributed by atoms with Crippen molar-refractivity contribution >= 4 is 12.0 Å². The van der Waals surface area contributed by atoms with E-state index in [9.17, 15) is 9.59 Å². The Morgan fingerprint density at radius 2 is 2.07 bits per heavy atom. The van der Waals surface area contributed by atoms with Crippen molar-refractivity contribution in [2.45, 2.75) is 38.6 Å². The molecule has 0 bridgehead atoms. The third-order valence-electron chi connectivity index (χ3n) is 2.68. The topological polar surface area (TPSA) is 81.4 Å². The van der Waals surface area contributed by atoms with E-state index in [-0.39, 0.29) is 17.9 Å². The Hall–Kier alpha value is -1.26. The van der Waals surface area contributed by atoms with Gasteiger partial charge in [0, 0.05) is 6.04 Å². The lowest BCUT2D eigenvalue weighted by atomic mass is 9.84. The minimum atomic E-state index is -0.573. The number of esters is 1. The molecule has 1 fully saturated rings. The van der Waals surface area contributed by atoms with Crippen LogP contribution in [0.4, 0.5) is 4.79 Å². The molecule has 0 saturated heterocycles. The fourth-order valence-electron chi connectivity index (χ4n) is 2.02. The van der Waals surface area contributed by atoms with E-state index in [0.29, 0.717) is 6.61 Å². The van der Waals surface area contributed by atoms with Gasteiger partial charge in [-0.3, -0.25) is 4.79 Å². The zero-order valence-electron chi connectivity index (χ0n) is 8.99. The van der Waals surface area contributed by atoms with Crippen molar-refractivity contribution in [2.75, 3.05) is 6.61 Å². The number of nitrogens with two attached hydrogens (primary N) is 1. The Morgan fingerprint density at radius 3 is 2.67 bits per heavy atom. The molecule has 1 aliphatic carbocycles. The third-order valence-corrected chi connectivity index (χ3v) is 2.68. The lowest BCUT2D eigenvalue weighted by molar-refractivity contribution is -0.149. The van der Waals surface area contributed by atoms with Gasteiger partial charge >= 0.3 is 12.0 Å². The molecule has 0 aromatic carbocycles. The van der Waals surface area contributed by atoms with Crippen LogP contribution in [-0.2, 0) is 9.53 Å². The molecule has 0 aromatic rings. The number of primary amides is 1. The van der Waals surface area contributed by atoms with Crippen LogP contribution in [0.1, 0.15) is 32.6 Å². The van der Waals surface area contributed by atoms with Gasteiger partial charge in [-0.2, -0.15) is 0 Å². The van der Waals surface area contributed by atoms with Crippen molar-refractivity contribution in [2.24, 2.45) is 11.7 Å². The summed E-state index contributed by atoms with van der Waals surface area (Å²) in [5.74, 6) is -0.456. The Morgan fingerprint density at radius 1 is 1.40 bits per heavy atom. The van der Waals surface area contributed by atoms with Crippen molar-refractivity contribution in [1.82, 2.24) is 5.32 Å². The number of hydrogen-bond donors (Lipinski definition) is 2. The summed E-state index contributed by atoms with van der Waals surface area (Å²) >= 11 is 0. The Labute approximate surface area is 89.3 Å². The van der Waals surface area contributed by atoms with E-state index in [1.165, 1.54) is 0 Å². The summed E-state index contributed by atoms with van der Waals surface area (Å²) in [6, 6.07) is -0.730. The average Bonchev–Trinajstić information content (AvgIpc) is 2.18. The zero-order chi connectivity index (χ0) is 11.3. The fourth-order valence-corrected chi connectivity index (χ4v) is 2.02. The highest BCUT2D eigenvalue weighted by molar-refractivity contribution is 5.76. The van der Waals surface area contributed by atoms with Crippen LogP contribution in [0.5, 0.6) is 0 Å². The predicted molar refractivity (Wildman–Crippen MR) is 55.1 cm³/mol. The second-order valence-corrected chi connectivity index (χ2v) is 3.76. The molecule has 5 heteroatoms. The summed E-state index contributed by atoms with van der Waals surface area (Å²) in [5.41, 5.74) is 5.06. The summed E-state index contributed by atoms with van der Waals surface area (Å²) in [5, 5.41) is 2.61. The smallest absolute Gasteiger partial charge is 0.312 e. The predicted octanol–water partition coefficient (Wildman–Crippen LogP) is 0.777. The van der Waals surface area contributed by atoms with Crippen LogP contribution in [0, 0.1) is 5.92 Å². The summed E-state index contributed by atoms with van der Waals surface area (Å²) in [6.07, 6.45) is 3.58. The number of carbonyl (C=O) groups excluding carboxylic acids is 2. The molecule has 2 amide bonds. The first-order valence-electron chi connectivity index (χ1n) is 5.37. The molecule has 1 rings (SSSR count). The van der Waals surface area contributed by atoms with Crippen LogP contribution in [0.25, 0.3) is 0 Å². The molecule has 15 heavy (non-hydrogen) atoms. The molecule has 86 valence electrons. The van der Waals surface area contributed by atoms with Gasteiger partial charge in [-0.1, -0.05) is 12.8 Å². The Balaban J connectivity index is 2.56. The molecule has 1 aliphatic rings. The van der Waals surface area contributed by atoms with Crippen molar-refractivity contribution in [3.05, 3.63) is 0 Å². The molecule has 0 aliphatic heterocycles. The average molecular weight is 214 g/mol. The van der Waals surface area contributed by atoms with Gasteiger partial charge in [0.15, 0.2) is 0 Å². The van der Waals surface area contributed by atoms with Gasteiger partial charge in [0.05, 0.1) is 12.5 Å². The van der Waals surface area contributed by atoms with E-state index in [0.717, 1.165) is 25.7 Å². The summed E-state index contributed by atoms with van der Waals surface area (Å²) < 4.78 is 4.96. The molecule has 0 radical (unpaired) electrons. The minimum Gasteiger partial charge on any atom is -0.466 e. The SMILES string of the molecule is CCOC(=O)[C@@H]1CCCC[C@@H]1NC(N)=O. The highest BCUT2D eigenvalue weighted by Crippen LogP contribution is 2.25. The lowest BCUT2D eigenvalue weighted by Gasteiger charge is -2.29. The first kappa shape index (κ1) is 11.8. The van der Waals surface area contributed by atoms with Gasteiger partial charge in [-0.05, 0) is 19.8 Å². The third kappa shape index (κ3) is 3.42.